The van der Waals surface area contributed by atoms with Crippen molar-refractivity contribution < 1.29 is 0 Å². The molecule has 0 amide bonds. The zero-order chi connectivity index (χ0) is 15.7. The minimum Gasteiger partial charge on any atom is -0.398 e. The van der Waals surface area contributed by atoms with Gasteiger partial charge in [-0.15, -0.1) is 0 Å². The van der Waals surface area contributed by atoms with Crippen LogP contribution in [0.5, 0.6) is 0 Å². The number of hydrogen-bond donors (Lipinski definition) is 1. The summed E-state index contributed by atoms with van der Waals surface area (Å²) in [4.78, 5) is 7.34. The molecule has 120 valence electrons. The topological polar surface area (TPSA) is 46.6 Å². The van der Waals surface area contributed by atoms with Crippen molar-refractivity contribution in [2.75, 3.05) is 12.8 Å². The fourth-order valence-electron chi connectivity index (χ4n) is 3.63. The van der Waals surface area contributed by atoms with Crippen molar-refractivity contribution in [3.63, 3.8) is 0 Å². The van der Waals surface area contributed by atoms with Gasteiger partial charge in [0.05, 0.1) is 11.4 Å². The molecule has 2 aromatic heterocycles. The number of anilines is 1. The van der Waals surface area contributed by atoms with Gasteiger partial charge in [-0.2, -0.15) is 0 Å². The minimum absolute atomic E-state index is 0.427. The molecule has 1 fully saturated rings. The van der Waals surface area contributed by atoms with E-state index < -0.39 is 0 Å². The second kappa shape index (κ2) is 6.29. The highest BCUT2D eigenvalue weighted by molar-refractivity contribution is 5.50. The first-order chi connectivity index (χ1) is 10.6. The first-order valence-corrected chi connectivity index (χ1v) is 8.53. The Morgan fingerprint density at radius 2 is 2.00 bits per heavy atom. The smallest absolute Gasteiger partial charge is 0.137 e. The van der Waals surface area contributed by atoms with Gasteiger partial charge < -0.3 is 10.1 Å². The van der Waals surface area contributed by atoms with Crippen molar-refractivity contribution in [3.8, 4) is 0 Å². The van der Waals surface area contributed by atoms with Crippen molar-refractivity contribution in [2.24, 2.45) is 0 Å². The van der Waals surface area contributed by atoms with Crippen LogP contribution in [0.25, 0.3) is 5.65 Å². The maximum absolute atomic E-state index is 5.99. The molecule has 1 saturated carbocycles. The molecule has 22 heavy (non-hydrogen) atoms. The number of nitrogen functional groups attached to an aromatic ring is 1. The van der Waals surface area contributed by atoms with Gasteiger partial charge in [0.15, 0.2) is 0 Å². The molecular formula is C18H28N4. The Kier molecular flexibility index (Phi) is 4.39. The van der Waals surface area contributed by atoms with E-state index in [2.05, 4.69) is 30.2 Å². The van der Waals surface area contributed by atoms with Crippen molar-refractivity contribution in [2.45, 2.75) is 64.5 Å². The molecule has 0 saturated heterocycles. The number of hydrogen-bond acceptors (Lipinski definition) is 3. The van der Waals surface area contributed by atoms with E-state index >= 15 is 0 Å². The van der Waals surface area contributed by atoms with Gasteiger partial charge in [-0.1, -0.05) is 33.1 Å². The Hall–Kier alpha value is -1.55. The Labute approximate surface area is 133 Å². The first-order valence-electron chi connectivity index (χ1n) is 8.53. The lowest BCUT2D eigenvalue weighted by molar-refractivity contribution is 0.182. The fraction of sp³-hybridized carbons (Fsp3) is 0.611. The van der Waals surface area contributed by atoms with E-state index in [0.29, 0.717) is 12.0 Å². The van der Waals surface area contributed by atoms with Gasteiger partial charge in [-0.25, -0.2) is 4.98 Å². The van der Waals surface area contributed by atoms with Gasteiger partial charge in [0.25, 0.3) is 0 Å². The highest BCUT2D eigenvalue weighted by Crippen LogP contribution is 2.26. The highest BCUT2D eigenvalue weighted by Gasteiger charge is 2.22. The molecule has 2 aromatic rings. The van der Waals surface area contributed by atoms with E-state index in [1.54, 1.807) is 0 Å². The second-order valence-corrected chi connectivity index (χ2v) is 7.00. The average molecular weight is 300 g/mol. The molecule has 0 aliphatic heterocycles. The SMILES string of the molecule is CC(C)c1nc2ccc(N)cn2c1CN(C)C1CCCCC1. The summed E-state index contributed by atoms with van der Waals surface area (Å²) in [6, 6.07) is 4.66. The lowest BCUT2D eigenvalue weighted by Gasteiger charge is -2.31. The van der Waals surface area contributed by atoms with Crippen LogP contribution in [0.1, 0.15) is 63.3 Å². The van der Waals surface area contributed by atoms with Crippen LogP contribution < -0.4 is 5.73 Å². The number of pyridine rings is 1. The van der Waals surface area contributed by atoms with E-state index in [1.807, 2.05) is 18.3 Å². The van der Waals surface area contributed by atoms with Crippen molar-refractivity contribution in [1.29, 1.82) is 0 Å². The summed E-state index contributed by atoms with van der Waals surface area (Å²) in [5, 5.41) is 0. The minimum atomic E-state index is 0.427. The summed E-state index contributed by atoms with van der Waals surface area (Å²) in [6.45, 7) is 5.38. The van der Waals surface area contributed by atoms with Crippen LogP contribution in [-0.2, 0) is 6.54 Å². The number of nitrogens with two attached hydrogens (primary N) is 1. The number of aromatic nitrogens is 2. The van der Waals surface area contributed by atoms with Crippen LogP contribution in [0.3, 0.4) is 0 Å². The molecule has 0 atom stereocenters. The van der Waals surface area contributed by atoms with Crippen LogP contribution in [0, 0.1) is 0 Å². The lowest BCUT2D eigenvalue weighted by Crippen LogP contribution is -2.33. The highest BCUT2D eigenvalue weighted by atomic mass is 15.2. The molecule has 2 heterocycles. The Bertz CT molecular complexity index is 638. The monoisotopic (exact) mass is 300 g/mol. The summed E-state index contributed by atoms with van der Waals surface area (Å²) in [7, 11) is 2.26. The molecule has 4 nitrogen and oxygen atoms in total. The number of nitrogens with zero attached hydrogens (tertiary/aromatic N) is 3. The van der Waals surface area contributed by atoms with E-state index in [-0.39, 0.29) is 0 Å². The third-order valence-corrected chi connectivity index (χ3v) is 4.92. The predicted molar refractivity (Wildman–Crippen MR) is 92.0 cm³/mol. The summed E-state index contributed by atoms with van der Waals surface area (Å²) < 4.78 is 2.18. The molecule has 1 aliphatic rings. The fourth-order valence-corrected chi connectivity index (χ4v) is 3.63. The Morgan fingerprint density at radius 1 is 1.27 bits per heavy atom. The molecule has 4 heteroatoms. The molecule has 2 N–H and O–H groups in total. The molecule has 0 unspecified atom stereocenters. The van der Waals surface area contributed by atoms with Crippen LogP contribution in [-0.4, -0.2) is 27.4 Å². The summed E-state index contributed by atoms with van der Waals surface area (Å²) in [5.74, 6) is 0.427. The van der Waals surface area contributed by atoms with Gasteiger partial charge >= 0.3 is 0 Å². The lowest BCUT2D eigenvalue weighted by atomic mass is 9.94. The molecule has 0 spiro atoms. The van der Waals surface area contributed by atoms with E-state index in [4.69, 9.17) is 10.7 Å². The maximum Gasteiger partial charge on any atom is 0.137 e. The molecule has 0 radical (unpaired) electrons. The van der Waals surface area contributed by atoms with Crippen molar-refractivity contribution in [1.82, 2.24) is 14.3 Å². The standard InChI is InChI=1S/C18H28N4/c1-13(2)18-16(12-21(3)15-7-5-4-6-8-15)22-11-14(19)9-10-17(22)20-18/h9-11,13,15H,4-8,12,19H2,1-3H3. The molecule has 0 bridgehead atoms. The van der Waals surface area contributed by atoms with Gasteiger partial charge in [0.2, 0.25) is 0 Å². The van der Waals surface area contributed by atoms with E-state index in [9.17, 15) is 0 Å². The summed E-state index contributed by atoms with van der Waals surface area (Å²) in [5.41, 5.74) is 10.3. The number of fused-ring (bicyclic) bond motifs is 1. The maximum atomic E-state index is 5.99. The number of imidazole rings is 1. The Balaban J connectivity index is 1.93. The van der Waals surface area contributed by atoms with Crippen LogP contribution in [0.4, 0.5) is 5.69 Å². The predicted octanol–water partition coefficient (Wildman–Crippen LogP) is 3.80. The third-order valence-electron chi connectivity index (χ3n) is 4.92. The van der Waals surface area contributed by atoms with Gasteiger partial charge in [0.1, 0.15) is 5.65 Å². The molecule has 3 rings (SSSR count). The normalized spacial score (nSPS) is 17.0. The largest absolute Gasteiger partial charge is 0.398 e. The molecular weight excluding hydrogens is 272 g/mol. The molecule has 1 aliphatic carbocycles. The van der Waals surface area contributed by atoms with Crippen LogP contribution >= 0.6 is 0 Å². The van der Waals surface area contributed by atoms with Crippen LogP contribution in [0.2, 0.25) is 0 Å². The quantitative estimate of drug-likeness (QED) is 0.934. The average Bonchev–Trinajstić information content (AvgIpc) is 2.86. The Morgan fingerprint density at radius 3 is 2.68 bits per heavy atom. The van der Waals surface area contributed by atoms with E-state index in [0.717, 1.165) is 17.9 Å². The number of rotatable bonds is 4. The van der Waals surface area contributed by atoms with Gasteiger partial charge in [0, 0.05) is 24.5 Å². The van der Waals surface area contributed by atoms with Gasteiger partial charge in [-0.3, -0.25) is 4.90 Å². The van der Waals surface area contributed by atoms with Crippen molar-refractivity contribution in [3.05, 3.63) is 29.7 Å². The third kappa shape index (κ3) is 2.98. The van der Waals surface area contributed by atoms with Crippen LogP contribution in [0.15, 0.2) is 18.3 Å². The summed E-state index contributed by atoms with van der Waals surface area (Å²) >= 11 is 0. The zero-order valence-corrected chi connectivity index (χ0v) is 14.0. The second-order valence-electron chi connectivity index (χ2n) is 7.00. The van der Waals surface area contributed by atoms with Gasteiger partial charge in [-0.05, 0) is 37.9 Å². The zero-order valence-electron chi connectivity index (χ0n) is 14.0. The van der Waals surface area contributed by atoms with Crippen molar-refractivity contribution >= 4 is 11.3 Å². The molecule has 0 aromatic carbocycles. The van der Waals surface area contributed by atoms with E-state index in [1.165, 1.54) is 43.5 Å². The first kappa shape index (κ1) is 15.3. The summed E-state index contributed by atoms with van der Waals surface area (Å²) in [6.07, 6.45) is 8.79.